The van der Waals surface area contributed by atoms with Gasteiger partial charge in [-0.05, 0) is 24.3 Å². The molecule has 0 N–H and O–H groups in total. The van der Waals surface area contributed by atoms with Gasteiger partial charge in [0.25, 0.3) is 0 Å². The lowest BCUT2D eigenvalue weighted by molar-refractivity contribution is -0.140. The number of rotatable bonds is 7. The fourth-order valence-corrected chi connectivity index (χ4v) is 1.68. The molecule has 0 amide bonds. The first-order valence-corrected chi connectivity index (χ1v) is 6.21. The van der Waals surface area contributed by atoms with Crippen LogP contribution in [-0.2, 0) is 19.1 Å². The second-order valence-electron chi connectivity index (χ2n) is 4.12. The highest BCUT2D eigenvalue weighted by atomic mass is 19.1. The summed E-state index contributed by atoms with van der Waals surface area (Å²) >= 11 is 0. The maximum absolute atomic E-state index is 12.9. The first-order valence-electron chi connectivity index (χ1n) is 6.21. The zero-order valence-corrected chi connectivity index (χ0v) is 11.6. The van der Waals surface area contributed by atoms with Gasteiger partial charge in [-0.2, -0.15) is 0 Å². The van der Waals surface area contributed by atoms with Crippen LogP contribution < -0.4 is 4.90 Å². The van der Waals surface area contributed by atoms with Gasteiger partial charge in [0.05, 0.1) is 27.1 Å². The number of benzene rings is 1. The van der Waals surface area contributed by atoms with Gasteiger partial charge in [-0.25, -0.2) is 4.39 Å². The second kappa shape index (κ2) is 8.14. The Balaban J connectivity index is 2.69. The maximum atomic E-state index is 12.9. The van der Waals surface area contributed by atoms with Crippen LogP contribution in [0.2, 0.25) is 0 Å². The number of esters is 2. The topological polar surface area (TPSA) is 55.8 Å². The van der Waals surface area contributed by atoms with Gasteiger partial charge in [0, 0.05) is 18.8 Å². The molecule has 1 aromatic rings. The van der Waals surface area contributed by atoms with Crippen LogP contribution in [0, 0.1) is 5.82 Å². The van der Waals surface area contributed by atoms with Crippen molar-refractivity contribution in [3.63, 3.8) is 0 Å². The van der Waals surface area contributed by atoms with Crippen LogP contribution in [0.4, 0.5) is 10.1 Å². The molecular formula is C14H18FNO4. The molecule has 1 rings (SSSR count). The number of carbonyl (C=O) groups is 2. The van der Waals surface area contributed by atoms with Gasteiger partial charge < -0.3 is 14.4 Å². The van der Waals surface area contributed by atoms with E-state index in [2.05, 4.69) is 9.47 Å². The van der Waals surface area contributed by atoms with E-state index in [0.717, 1.165) is 5.69 Å². The summed E-state index contributed by atoms with van der Waals surface area (Å²) in [4.78, 5) is 24.2. The smallest absolute Gasteiger partial charge is 0.307 e. The van der Waals surface area contributed by atoms with Crippen molar-refractivity contribution in [1.29, 1.82) is 0 Å². The molecule has 5 nitrogen and oxygen atoms in total. The lowest BCUT2D eigenvalue weighted by atomic mass is 10.2. The molecule has 0 spiro atoms. The monoisotopic (exact) mass is 283 g/mol. The minimum absolute atomic E-state index is 0.190. The summed E-state index contributed by atoms with van der Waals surface area (Å²) in [6.45, 7) is 0.768. The molecule has 0 aliphatic heterocycles. The van der Waals surface area contributed by atoms with Crippen LogP contribution in [-0.4, -0.2) is 39.2 Å². The number of hydrogen-bond acceptors (Lipinski definition) is 5. The van der Waals surface area contributed by atoms with E-state index < -0.39 is 0 Å². The molecule has 0 bridgehead atoms. The summed E-state index contributed by atoms with van der Waals surface area (Å²) in [6.07, 6.45) is 0.379. The molecule has 110 valence electrons. The Kier molecular flexibility index (Phi) is 6.49. The Bertz CT molecular complexity index is 427. The lowest BCUT2D eigenvalue weighted by Gasteiger charge is -2.24. The molecule has 0 radical (unpaired) electrons. The molecule has 0 aliphatic rings. The zero-order valence-electron chi connectivity index (χ0n) is 11.6. The van der Waals surface area contributed by atoms with E-state index in [1.807, 2.05) is 4.90 Å². The van der Waals surface area contributed by atoms with Crippen molar-refractivity contribution in [2.24, 2.45) is 0 Å². The minimum Gasteiger partial charge on any atom is -0.469 e. The number of halogens is 1. The van der Waals surface area contributed by atoms with Gasteiger partial charge in [0.1, 0.15) is 5.82 Å². The highest BCUT2D eigenvalue weighted by molar-refractivity contribution is 5.71. The first-order chi connectivity index (χ1) is 9.56. The third-order valence-electron chi connectivity index (χ3n) is 2.82. The number of carbonyl (C=O) groups excluding carboxylic acids is 2. The number of anilines is 1. The maximum Gasteiger partial charge on any atom is 0.307 e. The Morgan fingerprint density at radius 2 is 1.45 bits per heavy atom. The summed E-state index contributed by atoms with van der Waals surface area (Å²) < 4.78 is 22.1. The highest BCUT2D eigenvalue weighted by Gasteiger charge is 2.12. The van der Waals surface area contributed by atoms with Crippen molar-refractivity contribution in [2.45, 2.75) is 12.8 Å². The van der Waals surface area contributed by atoms with Crippen LogP contribution in [0.15, 0.2) is 24.3 Å². The van der Waals surface area contributed by atoms with Crippen LogP contribution in [0.25, 0.3) is 0 Å². The summed E-state index contributed by atoms with van der Waals surface area (Å²) in [7, 11) is 2.64. The Labute approximate surface area is 117 Å². The minimum atomic E-state index is -0.338. The Morgan fingerprint density at radius 1 is 1.00 bits per heavy atom. The summed E-state index contributed by atoms with van der Waals surface area (Å²) in [5.41, 5.74) is 0.735. The van der Waals surface area contributed by atoms with Crippen LogP contribution >= 0.6 is 0 Å². The molecule has 1 aromatic carbocycles. The lowest BCUT2D eigenvalue weighted by Crippen LogP contribution is -2.29. The van der Waals surface area contributed by atoms with Crippen molar-refractivity contribution in [3.05, 3.63) is 30.1 Å². The second-order valence-corrected chi connectivity index (χ2v) is 4.12. The molecule has 0 saturated heterocycles. The van der Waals surface area contributed by atoms with Gasteiger partial charge in [-0.1, -0.05) is 0 Å². The van der Waals surface area contributed by atoms with Crippen molar-refractivity contribution < 1.29 is 23.5 Å². The Hall–Kier alpha value is -2.11. The predicted molar refractivity (Wildman–Crippen MR) is 71.9 cm³/mol. The van der Waals surface area contributed by atoms with Crippen molar-refractivity contribution in [1.82, 2.24) is 0 Å². The molecule has 0 unspecified atom stereocenters. The van der Waals surface area contributed by atoms with Crippen molar-refractivity contribution in [3.8, 4) is 0 Å². The Morgan fingerprint density at radius 3 is 1.85 bits per heavy atom. The van der Waals surface area contributed by atoms with E-state index in [1.165, 1.54) is 26.4 Å². The zero-order chi connectivity index (χ0) is 15.0. The van der Waals surface area contributed by atoms with E-state index in [4.69, 9.17) is 0 Å². The van der Waals surface area contributed by atoms with Crippen molar-refractivity contribution >= 4 is 17.6 Å². The number of ether oxygens (including phenoxy) is 2. The average molecular weight is 283 g/mol. The summed E-state index contributed by atoms with van der Waals surface area (Å²) in [5.74, 6) is -1.01. The van der Waals surface area contributed by atoms with Crippen LogP contribution in [0.3, 0.4) is 0 Å². The van der Waals surface area contributed by atoms with Crippen molar-refractivity contribution in [2.75, 3.05) is 32.2 Å². The van der Waals surface area contributed by atoms with Gasteiger partial charge in [0.15, 0.2) is 0 Å². The van der Waals surface area contributed by atoms with Gasteiger partial charge in [0.2, 0.25) is 0 Å². The number of hydrogen-bond donors (Lipinski definition) is 0. The van der Waals surface area contributed by atoms with Gasteiger partial charge >= 0.3 is 11.9 Å². The highest BCUT2D eigenvalue weighted by Crippen LogP contribution is 2.16. The summed E-state index contributed by atoms with van der Waals surface area (Å²) in [5, 5.41) is 0. The molecule has 0 atom stereocenters. The van der Waals surface area contributed by atoms with E-state index in [1.54, 1.807) is 12.1 Å². The molecule has 0 heterocycles. The fraction of sp³-hybridized carbons (Fsp3) is 0.429. The quantitative estimate of drug-likeness (QED) is 0.714. The first kappa shape index (κ1) is 15.9. The molecule has 0 saturated carbocycles. The van der Waals surface area contributed by atoms with E-state index in [9.17, 15) is 14.0 Å². The normalized spacial score (nSPS) is 9.95. The molecule has 20 heavy (non-hydrogen) atoms. The standard InChI is InChI=1S/C14H18FNO4/c1-19-13(17)7-9-16(10-8-14(18)20-2)12-5-3-11(15)4-6-12/h3-6H,7-10H2,1-2H3. The van der Waals surface area contributed by atoms with Gasteiger partial charge in [-0.3, -0.25) is 9.59 Å². The van der Waals surface area contributed by atoms with Crippen LogP contribution in [0.5, 0.6) is 0 Å². The van der Waals surface area contributed by atoms with E-state index >= 15 is 0 Å². The number of methoxy groups -OCH3 is 2. The molecule has 0 aromatic heterocycles. The SMILES string of the molecule is COC(=O)CCN(CCC(=O)OC)c1ccc(F)cc1. The molecule has 0 fully saturated rings. The van der Waals surface area contributed by atoms with E-state index in [-0.39, 0.29) is 30.6 Å². The van der Waals surface area contributed by atoms with Gasteiger partial charge in [-0.15, -0.1) is 0 Å². The molecular weight excluding hydrogens is 265 g/mol. The third-order valence-corrected chi connectivity index (χ3v) is 2.82. The average Bonchev–Trinajstić information content (AvgIpc) is 2.47. The largest absolute Gasteiger partial charge is 0.469 e. The van der Waals surface area contributed by atoms with Crippen LogP contribution in [0.1, 0.15) is 12.8 Å². The van der Waals surface area contributed by atoms with E-state index in [0.29, 0.717) is 13.1 Å². The molecule has 0 aliphatic carbocycles. The predicted octanol–water partition coefficient (Wildman–Crippen LogP) is 1.76. The molecule has 6 heteroatoms. The number of nitrogens with zero attached hydrogens (tertiary/aromatic N) is 1. The summed E-state index contributed by atoms with van der Waals surface area (Å²) in [6, 6.07) is 5.87. The third kappa shape index (κ3) is 5.26. The fourth-order valence-electron chi connectivity index (χ4n) is 1.68.